The lowest BCUT2D eigenvalue weighted by Gasteiger charge is -2.03. The Labute approximate surface area is 76.4 Å². The van der Waals surface area contributed by atoms with Crippen LogP contribution in [0.5, 0.6) is 0 Å². The molecule has 72 valence electrons. The molecule has 1 atom stereocenters. The second-order valence-corrected chi connectivity index (χ2v) is 3.78. The molecular formula is C7H8F2N2OS. The number of hydrogen-bond acceptors (Lipinski definition) is 3. The Hall–Kier alpha value is -1.04. The van der Waals surface area contributed by atoms with Crippen LogP contribution in [0.3, 0.4) is 0 Å². The van der Waals surface area contributed by atoms with E-state index >= 15 is 0 Å². The SMILES string of the molecule is Nc1cnccc1S(=O)CC(F)F. The zero-order valence-electron chi connectivity index (χ0n) is 6.61. The van der Waals surface area contributed by atoms with Gasteiger partial charge in [0.2, 0.25) is 6.43 Å². The lowest BCUT2D eigenvalue weighted by atomic mass is 10.4. The van der Waals surface area contributed by atoms with Gasteiger partial charge in [0.1, 0.15) is 0 Å². The molecule has 0 aliphatic rings. The molecule has 0 amide bonds. The summed E-state index contributed by atoms with van der Waals surface area (Å²) in [7, 11) is -1.74. The Bertz CT molecular complexity index is 319. The second-order valence-electron chi connectivity index (χ2n) is 2.32. The number of hydrogen-bond donors (Lipinski definition) is 1. The monoisotopic (exact) mass is 206 g/mol. The van der Waals surface area contributed by atoms with Gasteiger partial charge in [0, 0.05) is 6.20 Å². The van der Waals surface area contributed by atoms with E-state index in [9.17, 15) is 13.0 Å². The van der Waals surface area contributed by atoms with Crippen LogP contribution in [0.2, 0.25) is 0 Å². The summed E-state index contributed by atoms with van der Waals surface area (Å²) in [6.07, 6.45) is 0.0710. The summed E-state index contributed by atoms with van der Waals surface area (Å²) in [5, 5.41) is 0. The molecule has 13 heavy (non-hydrogen) atoms. The van der Waals surface area contributed by atoms with Crippen LogP contribution < -0.4 is 5.73 Å². The highest BCUT2D eigenvalue weighted by atomic mass is 32.2. The Balaban J connectivity index is 2.83. The van der Waals surface area contributed by atoms with Crippen LogP contribution in [-0.2, 0) is 10.8 Å². The summed E-state index contributed by atoms with van der Waals surface area (Å²) in [6.45, 7) is 0. The quantitative estimate of drug-likeness (QED) is 0.803. The van der Waals surface area contributed by atoms with Crippen molar-refractivity contribution in [1.29, 1.82) is 0 Å². The molecule has 0 bridgehead atoms. The molecular weight excluding hydrogens is 198 g/mol. The molecule has 0 spiro atoms. The minimum Gasteiger partial charge on any atom is -0.396 e. The van der Waals surface area contributed by atoms with E-state index in [2.05, 4.69) is 4.98 Å². The summed E-state index contributed by atoms with van der Waals surface area (Å²) in [5.41, 5.74) is 5.58. The molecule has 0 saturated heterocycles. The Morgan fingerprint density at radius 1 is 1.62 bits per heavy atom. The lowest BCUT2D eigenvalue weighted by Crippen LogP contribution is -2.08. The average Bonchev–Trinajstić information content (AvgIpc) is 2.03. The molecule has 3 nitrogen and oxygen atoms in total. The summed E-state index contributed by atoms with van der Waals surface area (Å²) >= 11 is 0. The van der Waals surface area contributed by atoms with Gasteiger partial charge in [-0.25, -0.2) is 8.78 Å². The van der Waals surface area contributed by atoms with E-state index in [1.807, 2.05) is 0 Å². The van der Waals surface area contributed by atoms with Gasteiger partial charge in [-0.05, 0) is 6.07 Å². The first kappa shape index (κ1) is 10.0. The fraction of sp³-hybridized carbons (Fsp3) is 0.286. The standard InChI is InChI=1S/C7H8F2N2OS/c8-7(9)4-13(12)6-1-2-11-3-5(6)10/h1-3,7H,4,10H2. The van der Waals surface area contributed by atoms with Gasteiger partial charge in [0.05, 0.1) is 33.3 Å². The first-order chi connectivity index (χ1) is 6.11. The minimum atomic E-state index is -2.59. The number of aromatic nitrogens is 1. The average molecular weight is 206 g/mol. The van der Waals surface area contributed by atoms with Crippen LogP contribution in [-0.4, -0.2) is 21.4 Å². The van der Waals surface area contributed by atoms with E-state index < -0.39 is 23.0 Å². The first-order valence-corrected chi connectivity index (χ1v) is 4.79. The molecule has 0 fully saturated rings. The molecule has 0 aliphatic carbocycles. The third kappa shape index (κ3) is 2.73. The van der Waals surface area contributed by atoms with Gasteiger partial charge in [0.15, 0.2) is 0 Å². The van der Waals surface area contributed by atoms with E-state index in [1.54, 1.807) is 0 Å². The second kappa shape index (κ2) is 4.27. The summed E-state index contributed by atoms with van der Waals surface area (Å²) in [4.78, 5) is 3.88. The van der Waals surface area contributed by atoms with E-state index in [-0.39, 0.29) is 10.6 Å². The highest BCUT2D eigenvalue weighted by molar-refractivity contribution is 7.85. The van der Waals surface area contributed by atoms with Gasteiger partial charge in [-0.2, -0.15) is 0 Å². The number of nitrogens with two attached hydrogens (primary N) is 1. The molecule has 1 aromatic heterocycles. The van der Waals surface area contributed by atoms with Crippen molar-refractivity contribution in [3.05, 3.63) is 18.5 Å². The van der Waals surface area contributed by atoms with Gasteiger partial charge >= 0.3 is 0 Å². The minimum absolute atomic E-state index is 0.182. The van der Waals surface area contributed by atoms with Crippen molar-refractivity contribution >= 4 is 16.5 Å². The summed E-state index contributed by atoms with van der Waals surface area (Å²) in [5.74, 6) is -0.686. The van der Waals surface area contributed by atoms with Crippen molar-refractivity contribution in [3.8, 4) is 0 Å². The molecule has 6 heteroatoms. The van der Waals surface area contributed by atoms with Gasteiger partial charge in [0.25, 0.3) is 0 Å². The Morgan fingerprint density at radius 2 is 2.31 bits per heavy atom. The molecule has 1 aromatic rings. The molecule has 1 unspecified atom stereocenters. The van der Waals surface area contributed by atoms with Crippen LogP contribution in [0.1, 0.15) is 0 Å². The van der Waals surface area contributed by atoms with Crippen LogP contribution in [0, 0.1) is 0 Å². The van der Waals surface area contributed by atoms with Gasteiger partial charge < -0.3 is 5.73 Å². The Kier molecular flexibility index (Phi) is 3.30. The molecule has 2 N–H and O–H groups in total. The van der Waals surface area contributed by atoms with Crippen LogP contribution in [0.15, 0.2) is 23.4 Å². The highest BCUT2D eigenvalue weighted by Crippen LogP contribution is 2.15. The largest absolute Gasteiger partial charge is 0.396 e. The van der Waals surface area contributed by atoms with Crippen molar-refractivity contribution in [1.82, 2.24) is 4.98 Å². The number of rotatable bonds is 3. The van der Waals surface area contributed by atoms with Gasteiger partial charge in [-0.3, -0.25) is 9.19 Å². The number of anilines is 1. The zero-order chi connectivity index (χ0) is 9.84. The van der Waals surface area contributed by atoms with Crippen molar-refractivity contribution < 1.29 is 13.0 Å². The van der Waals surface area contributed by atoms with Crippen LogP contribution >= 0.6 is 0 Å². The summed E-state index contributed by atoms with van der Waals surface area (Å²) < 4.78 is 34.9. The molecule has 0 aromatic carbocycles. The first-order valence-electron chi connectivity index (χ1n) is 3.47. The lowest BCUT2D eigenvalue weighted by molar-refractivity contribution is 0.175. The van der Waals surface area contributed by atoms with E-state index in [4.69, 9.17) is 5.73 Å². The molecule has 0 radical (unpaired) electrons. The predicted octanol–water partition coefficient (Wildman–Crippen LogP) is 1.04. The number of nitrogens with zero attached hydrogens (tertiary/aromatic N) is 1. The van der Waals surface area contributed by atoms with E-state index in [1.165, 1.54) is 18.5 Å². The van der Waals surface area contributed by atoms with Crippen molar-refractivity contribution in [2.24, 2.45) is 0 Å². The van der Waals surface area contributed by atoms with Crippen molar-refractivity contribution in [3.63, 3.8) is 0 Å². The number of alkyl halides is 2. The molecule has 0 saturated carbocycles. The number of nitrogen functional groups attached to an aromatic ring is 1. The normalized spacial score (nSPS) is 13.2. The maximum atomic E-state index is 11.9. The molecule has 1 rings (SSSR count). The van der Waals surface area contributed by atoms with Gasteiger partial charge in [-0.15, -0.1) is 0 Å². The maximum absolute atomic E-state index is 11.9. The smallest absolute Gasteiger partial charge is 0.250 e. The third-order valence-electron chi connectivity index (χ3n) is 1.33. The van der Waals surface area contributed by atoms with Crippen LogP contribution in [0.4, 0.5) is 14.5 Å². The fourth-order valence-electron chi connectivity index (χ4n) is 0.805. The molecule has 0 aliphatic heterocycles. The van der Waals surface area contributed by atoms with Gasteiger partial charge in [-0.1, -0.05) is 0 Å². The summed E-state index contributed by atoms with van der Waals surface area (Å²) in [6, 6.07) is 1.38. The Morgan fingerprint density at radius 3 is 2.85 bits per heavy atom. The van der Waals surface area contributed by atoms with E-state index in [0.29, 0.717) is 0 Å². The van der Waals surface area contributed by atoms with Crippen LogP contribution in [0.25, 0.3) is 0 Å². The van der Waals surface area contributed by atoms with E-state index in [0.717, 1.165) is 0 Å². The topological polar surface area (TPSA) is 56.0 Å². The molecule has 1 heterocycles. The highest BCUT2D eigenvalue weighted by Gasteiger charge is 2.13. The van der Waals surface area contributed by atoms with Crippen molar-refractivity contribution in [2.75, 3.05) is 11.5 Å². The fourth-order valence-corrected chi connectivity index (χ4v) is 1.74. The zero-order valence-corrected chi connectivity index (χ0v) is 7.43. The predicted molar refractivity (Wildman–Crippen MR) is 45.9 cm³/mol. The third-order valence-corrected chi connectivity index (χ3v) is 2.75. The maximum Gasteiger partial charge on any atom is 0.250 e. The van der Waals surface area contributed by atoms with Crippen molar-refractivity contribution in [2.45, 2.75) is 11.3 Å². The number of pyridine rings is 1. The number of halogens is 2.